The highest BCUT2D eigenvalue weighted by Gasteiger charge is 2.37. The Hall–Kier alpha value is -3.64. The fourth-order valence-electron chi connectivity index (χ4n) is 4.24. The first-order valence-corrected chi connectivity index (χ1v) is 15.2. The van der Waals surface area contributed by atoms with E-state index >= 15 is 0 Å². The van der Waals surface area contributed by atoms with Gasteiger partial charge in [-0.05, 0) is 81.5 Å². The molecule has 0 aliphatic heterocycles. The van der Waals surface area contributed by atoms with E-state index in [1.54, 1.807) is 93.1 Å². The van der Waals surface area contributed by atoms with Crippen LogP contribution in [0.15, 0.2) is 48.5 Å². The number of anilines is 1. The molecule has 2 rings (SSSR count). The van der Waals surface area contributed by atoms with E-state index in [1.807, 2.05) is 6.26 Å². The third-order valence-electron chi connectivity index (χ3n) is 6.21. The largest absolute Gasteiger partial charge is 0.497 e. The maximum absolute atomic E-state index is 14.3. The number of nitrogens with zero attached hydrogens (tertiary/aromatic N) is 1. The minimum Gasteiger partial charge on any atom is -0.497 e. The molecule has 0 aliphatic carbocycles. The van der Waals surface area contributed by atoms with Crippen LogP contribution in [0.3, 0.4) is 0 Å². The zero-order chi connectivity index (χ0) is 30.4. The molecule has 0 saturated heterocycles. The Morgan fingerprint density at radius 3 is 2.34 bits per heavy atom. The van der Waals surface area contributed by atoms with E-state index in [0.717, 1.165) is 12.8 Å². The van der Waals surface area contributed by atoms with Crippen LogP contribution in [-0.4, -0.2) is 60.1 Å². The lowest BCUT2D eigenvalue weighted by atomic mass is 9.96. The van der Waals surface area contributed by atoms with Crippen LogP contribution in [0.25, 0.3) is 0 Å². The highest BCUT2D eigenvalue weighted by Crippen LogP contribution is 2.28. The summed E-state index contributed by atoms with van der Waals surface area (Å²) in [6.45, 7) is 7.66. The monoisotopic (exact) mass is 581 g/mol. The molecule has 0 spiro atoms. The zero-order valence-corrected chi connectivity index (χ0v) is 25.8. The predicted octanol–water partition coefficient (Wildman–Crippen LogP) is 6.02. The fourth-order valence-corrected chi connectivity index (χ4v) is 4.72. The average Bonchev–Trinajstić information content (AvgIpc) is 2.94. The van der Waals surface area contributed by atoms with E-state index in [1.165, 1.54) is 0 Å². The summed E-state index contributed by atoms with van der Waals surface area (Å²) in [4.78, 5) is 42.6. The first kappa shape index (κ1) is 33.6. The minimum absolute atomic E-state index is 0.304. The molecule has 0 aliphatic rings. The summed E-state index contributed by atoms with van der Waals surface area (Å²) in [6, 6.07) is 12.1. The van der Waals surface area contributed by atoms with E-state index in [0.29, 0.717) is 47.7 Å². The predicted molar refractivity (Wildman–Crippen MR) is 166 cm³/mol. The first-order chi connectivity index (χ1) is 19.5. The lowest BCUT2D eigenvalue weighted by Gasteiger charge is -2.35. The van der Waals surface area contributed by atoms with Gasteiger partial charge in [-0.15, -0.1) is 6.42 Å². The highest BCUT2D eigenvalue weighted by atomic mass is 32.2. The van der Waals surface area contributed by atoms with Crippen molar-refractivity contribution in [2.45, 2.75) is 71.1 Å². The summed E-state index contributed by atoms with van der Waals surface area (Å²) >= 11 is 1.56. The molecule has 0 radical (unpaired) electrons. The maximum atomic E-state index is 14.3. The quantitative estimate of drug-likeness (QED) is 0.209. The fraction of sp³-hybridized carbons (Fsp3) is 0.469. The van der Waals surface area contributed by atoms with Crippen molar-refractivity contribution in [1.82, 2.24) is 10.2 Å². The number of carbonyl (C=O) groups is 3. The number of hydrogen-bond donors (Lipinski definition) is 2. The lowest BCUT2D eigenvalue weighted by molar-refractivity contribution is -0.141. The molecule has 2 N–H and O–H groups in total. The smallest absolute Gasteiger partial charge is 0.408 e. The molecule has 2 unspecified atom stereocenters. The summed E-state index contributed by atoms with van der Waals surface area (Å²) < 4.78 is 10.7. The number of terminal acetylenes is 1. The molecule has 0 saturated carbocycles. The van der Waals surface area contributed by atoms with Gasteiger partial charge >= 0.3 is 6.09 Å². The molecule has 2 aromatic carbocycles. The van der Waals surface area contributed by atoms with Crippen LogP contribution in [0.1, 0.15) is 70.5 Å². The van der Waals surface area contributed by atoms with Crippen molar-refractivity contribution in [3.63, 3.8) is 0 Å². The molecular weight excluding hydrogens is 538 g/mol. The molecular formula is C32H43N3O5S. The second kappa shape index (κ2) is 16.6. The van der Waals surface area contributed by atoms with Crippen molar-refractivity contribution >= 4 is 35.4 Å². The van der Waals surface area contributed by atoms with Gasteiger partial charge in [-0.25, -0.2) is 4.79 Å². The molecule has 0 bridgehead atoms. The SMILES string of the molecule is C#Cc1ccccc1C(C(=O)Nc1ccc(OC)cc1)N(CCCCC)C(=O)C(CCSC)NC(=O)OC(C)(C)C. The Morgan fingerprint density at radius 1 is 1.07 bits per heavy atom. The van der Waals surface area contributed by atoms with Crippen molar-refractivity contribution in [3.8, 4) is 18.1 Å². The van der Waals surface area contributed by atoms with Crippen molar-refractivity contribution in [3.05, 3.63) is 59.7 Å². The number of alkyl carbamates (subject to hydrolysis) is 1. The van der Waals surface area contributed by atoms with Gasteiger partial charge < -0.3 is 25.0 Å². The van der Waals surface area contributed by atoms with Crippen molar-refractivity contribution < 1.29 is 23.9 Å². The van der Waals surface area contributed by atoms with E-state index in [-0.39, 0.29) is 5.91 Å². The number of amides is 3. The zero-order valence-electron chi connectivity index (χ0n) is 25.0. The van der Waals surface area contributed by atoms with E-state index < -0.39 is 29.7 Å². The van der Waals surface area contributed by atoms with Crippen LogP contribution in [0.2, 0.25) is 0 Å². The number of thioether (sulfide) groups is 1. The molecule has 2 atom stereocenters. The van der Waals surface area contributed by atoms with Crippen molar-refractivity contribution in [2.75, 3.05) is 31.0 Å². The van der Waals surface area contributed by atoms with Crippen LogP contribution in [-0.2, 0) is 14.3 Å². The summed E-state index contributed by atoms with van der Waals surface area (Å²) in [5.41, 5.74) is 0.860. The second-order valence-corrected chi connectivity index (χ2v) is 11.6. The van der Waals surface area contributed by atoms with Crippen LogP contribution >= 0.6 is 11.8 Å². The first-order valence-electron chi connectivity index (χ1n) is 13.8. The van der Waals surface area contributed by atoms with Gasteiger partial charge in [-0.1, -0.05) is 43.9 Å². The van der Waals surface area contributed by atoms with Crippen LogP contribution in [0.4, 0.5) is 10.5 Å². The molecule has 0 aromatic heterocycles. The van der Waals surface area contributed by atoms with Gasteiger partial charge in [0.15, 0.2) is 0 Å². The molecule has 0 fully saturated rings. The normalized spacial score (nSPS) is 12.4. The molecule has 41 heavy (non-hydrogen) atoms. The lowest BCUT2D eigenvalue weighted by Crippen LogP contribution is -2.53. The average molecular weight is 582 g/mol. The van der Waals surface area contributed by atoms with E-state index in [2.05, 4.69) is 23.5 Å². The summed E-state index contributed by atoms with van der Waals surface area (Å²) in [5.74, 6) is 3.15. The highest BCUT2D eigenvalue weighted by molar-refractivity contribution is 7.98. The van der Waals surface area contributed by atoms with Gasteiger partial charge in [0, 0.05) is 17.8 Å². The third-order valence-corrected chi connectivity index (χ3v) is 6.86. The Balaban J connectivity index is 2.57. The maximum Gasteiger partial charge on any atom is 0.408 e. The van der Waals surface area contributed by atoms with Crippen LogP contribution in [0, 0.1) is 12.3 Å². The Labute approximate surface area is 248 Å². The van der Waals surface area contributed by atoms with Crippen LogP contribution < -0.4 is 15.4 Å². The summed E-state index contributed by atoms with van der Waals surface area (Å²) in [7, 11) is 1.57. The minimum atomic E-state index is -1.04. The van der Waals surface area contributed by atoms with Gasteiger partial charge in [0.2, 0.25) is 5.91 Å². The van der Waals surface area contributed by atoms with Crippen molar-refractivity contribution in [2.24, 2.45) is 0 Å². The second-order valence-electron chi connectivity index (χ2n) is 10.6. The van der Waals surface area contributed by atoms with E-state index in [9.17, 15) is 14.4 Å². The Morgan fingerprint density at radius 2 is 1.76 bits per heavy atom. The molecule has 2 aromatic rings. The number of carbonyl (C=O) groups excluding carboxylic acids is 3. The van der Waals surface area contributed by atoms with Gasteiger partial charge in [-0.2, -0.15) is 11.8 Å². The Kier molecular flexibility index (Phi) is 13.6. The number of unbranched alkanes of at least 4 members (excludes halogenated alkanes) is 2. The van der Waals surface area contributed by atoms with Crippen LogP contribution in [0.5, 0.6) is 5.75 Å². The molecule has 8 nitrogen and oxygen atoms in total. The number of ether oxygens (including phenoxy) is 2. The standard InChI is InChI=1S/C32H43N3O5S/c1-8-10-13-21-35(30(37)27(20-22-41-7)34-31(38)40-32(3,4)5)28(26-15-12-11-14-23(26)9-2)29(36)33-24-16-18-25(39-6)19-17-24/h2,11-12,14-19,27-28H,8,10,13,20-22H2,1,3-7H3,(H,33,36)(H,34,38). The summed E-state index contributed by atoms with van der Waals surface area (Å²) in [5, 5.41) is 5.71. The third kappa shape index (κ3) is 10.7. The number of methoxy groups -OCH3 is 1. The van der Waals surface area contributed by atoms with Gasteiger partial charge in [0.1, 0.15) is 23.4 Å². The molecule has 0 heterocycles. The van der Waals surface area contributed by atoms with Gasteiger partial charge in [-0.3, -0.25) is 9.59 Å². The number of rotatable bonds is 14. The molecule has 9 heteroatoms. The summed E-state index contributed by atoms with van der Waals surface area (Å²) in [6.07, 6.45) is 9.93. The topological polar surface area (TPSA) is 97.0 Å². The molecule has 3 amide bonds. The Bertz CT molecular complexity index is 1190. The number of hydrogen-bond acceptors (Lipinski definition) is 6. The number of benzene rings is 2. The van der Waals surface area contributed by atoms with Crippen molar-refractivity contribution in [1.29, 1.82) is 0 Å². The molecule has 222 valence electrons. The number of nitrogens with one attached hydrogen (secondary N) is 2. The van der Waals surface area contributed by atoms with Gasteiger partial charge in [0.25, 0.3) is 5.91 Å². The van der Waals surface area contributed by atoms with E-state index in [4.69, 9.17) is 15.9 Å². The van der Waals surface area contributed by atoms with Gasteiger partial charge in [0.05, 0.1) is 7.11 Å².